The topological polar surface area (TPSA) is 48.7 Å². The normalized spacial score (nSPS) is 9.88. The highest BCUT2D eigenvalue weighted by molar-refractivity contribution is 7.07. The van der Waals surface area contributed by atoms with Crippen molar-refractivity contribution in [2.45, 2.75) is 6.42 Å². The number of nitrogens with zero attached hydrogens (tertiary/aromatic N) is 2. The third-order valence-electron chi connectivity index (χ3n) is 2.28. The summed E-state index contributed by atoms with van der Waals surface area (Å²) in [6.45, 7) is 0.690. The van der Waals surface area contributed by atoms with Crippen LogP contribution in [0.1, 0.15) is 11.3 Å². The van der Waals surface area contributed by atoms with Gasteiger partial charge in [-0.15, -0.1) is 11.3 Å². The first-order chi connectivity index (χ1) is 8.29. The summed E-state index contributed by atoms with van der Waals surface area (Å²) in [6.07, 6.45) is 0.797. The predicted octanol–water partition coefficient (Wildman–Crippen LogP) is 2.81. The molecule has 0 fully saturated rings. The van der Waals surface area contributed by atoms with Gasteiger partial charge in [0, 0.05) is 24.0 Å². The molecule has 1 heterocycles. The molecule has 0 aliphatic heterocycles. The number of aromatic nitrogens is 1. The Balaban J connectivity index is 1.91. The van der Waals surface area contributed by atoms with Crippen molar-refractivity contribution in [3.8, 4) is 6.07 Å². The molecule has 2 rings (SSSR count). The van der Waals surface area contributed by atoms with Crippen molar-refractivity contribution in [2.24, 2.45) is 0 Å². The predicted molar refractivity (Wildman–Crippen MR) is 65.4 cm³/mol. The van der Waals surface area contributed by atoms with Crippen LogP contribution in [0.2, 0.25) is 0 Å². The van der Waals surface area contributed by atoms with Crippen LogP contribution in [0.3, 0.4) is 0 Å². The summed E-state index contributed by atoms with van der Waals surface area (Å²) in [4.78, 5) is 4.15. The van der Waals surface area contributed by atoms with Gasteiger partial charge in [-0.05, 0) is 18.2 Å². The summed E-state index contributed by atoms with van der Waals surface area (Å²) in [5, 5.41) is 13.7. The molecule has 0 saturated carbocycles. The van der Waals surface area contributed by atoms with Crippen LogP contribution in [0.15, 0.2) is 29.1 Å². The first kappa shape index (κ1) is 11.6. The zero-order valence-electron chi connectivity index (χ0n) is 8.98. The number of hydrogen-bond acceptors (Lipinski definition) is 4. The van der Waals surface area contributed by atoms with Gasteiger partial charge in [0.1, 0.15) is 11.9 Å². The Bertz CT molecular complexity index is 531. The lowest BCUT2D eigenvalue weighted by Crippen LogP contribution is -2.05. The van der Waals surface area contributed by atoms with Crippen LogP contribution in [0.5, 0.6) is 0 Å². The second-order valence-electron chi connectivity index (χ2n) is 3.46. The van der Waals surface area contributed by atoms with Gasteiger partial charge in [-0.2, -0.15) is 5.26 Å². The molecule has 1 aromatic carbocycles. The summed E-state index contributed by atoms with van der Waals surface area (Å²) < 4.78 is 13.3. The summed E-state index contributed by atoms with van der Waals surface area (Å²) >= 11 is 1.56. The van der Waals surface area contributed by atoms with Gasteiger partial charge in [0.2, 0.25) is 0 Å². The van der Waals surface area contributed by atoms with E-state index in [9.17, 15) is 4.39 Å². The molecule has 3 nitrogen and oxygen atoms in total. The third-order valence-corrected chi connectivity index (χ3v) is 2.92. The van der Waals surface area contributed by atoms with E-state index in [1.165, 1.54) is 12.1 Å². The van der Waals surface area contributed by atoms with E-state index in [0.717, 1.165) is 12.1 Å². The van der Waals surface area contributed by atoms with Gasteiger partial charge in [0.25, 0.3) is 0 Å². The van der Waals surface area contributed by atoms with Crippen molar-refractivity contribution in [3.63, 3.8) is 0 Å². The zero-order chi connectivity index (χ0) is 12.1. The Morgan fingerprint density at radius 1 is 1.47 bits per heavy atom. The zero-order valence-corrected chi connectivity index (χ0v) is 9.80. The average Bonchev–Trinajstić information content (AvgIpc) is 2.82. The number of halogens is 1. The molecule has 0 aliphatic carbocycles. The van der Waals surface area contributed by atoms with Gasteiger partial charge in [-0.3, -0.25) is 0 Å². The molecule has 86 valence electrons. The lowest BCUT2D eigenvalue weighted by Gasteiger charge is -2.05. The van der Waals surface area contributed by atoms with Crippen molar-refractivity contribution < 1.29 is 4.39 Å². The van der Waals surface area contributed by atoms with Crippen molar-refractivity contribution in [1.82, 2.24) is 4.98 Å². The fourth-order valence-electron chi connectivity index (χ4n) is 1.41. The van der Waals surface area contributed by atoms with Crippen LogP contribution in [0.4, 0.5) is 10.1 Å². The smallest absolute Gasteiger partial charge is 0.143 e. The number of thiazole rings is 1. The first-order valence-electron chi connectivity index (χ1n) is 5.10. The number of hydrogen-bond donors (Lipinski definition) is 1. The second kappa shape index (κ2) is 5.41. The number of benzene rings is 1. The molecule has 0 unspecified atom stereocenters. The van der Waals surface area contributed by atoms with E-state index in [4.69, 9.17) is 5.26 Å². The number of nitrogens with one attached hydrogen (secondary N) is 1. The highest BCUT2D eigenvalue weighted by Crippen LogP contribution is 2.13. The molecule has 0 saturated heterocycles. The maximum atomic E-state index is 13.3. The van der Waals surface area contributed by atoms with E-state index >= 15 is 0 Å². The van der Waals surface area contributed by atoms with Gasteiger partial charge in [-0.25, -0.2) is 9.37 Å². The molecule has 0 radical (unpaired) electrons. The van der Waals surface area contributed by atoms with E-state index in [1.807, 2.05) is 5.38 Å². The second-order valence-corrected chi connectivity index (χ2v) is 4.18. The molecule has 5 heteroatoms. The van der Waals surface area contributed by atoms with Crippen molar-refractivity contribution >= 4 is 17.0 Å². The van der Waals surface area contributed by atoms with E-state index in [-0.39, 0.29) is 5.56 Å². The summed E-state index contributed by atoms with van der Waals surface area (Å²) in [6, 6.07) is 6.29. The minimum atomic E-state index is -0.494. The summed E-state index contributed by atoms with van der Waals surface area (Å²) in [5.41, 5.74) is 3.56. The van der Waals surface area contributed by atoms with E-state index < -0.39 is 5.82 Å². The molecular weight excluding hydrogens is 237 g/mol. The Kier molecular flexibility index (Phi) is 3.68. The first-order valence-corrected chi connectivity index (χ1v) is 6.04. The molecule has 0 bridgehead atoms. The third kappa shape index (κ3) is 3.02. The molecule has 1 N–H and O–H groups in total. The minimum absolute atomic E-state index is 0.0649. The van der Waals surface area contributed by atoms with Crippen molar-refractivity contribution in [3.05, 3.63) is 46.2 Å². The Labute approximate surface area is 103 Å². The molecule has 0 amide bonds. The largest absolute Gasteiger partial charge is 0.385 e. The van der Waals surface area contributed by atoms with E-state index in [1.54, 1.807) is 29.0 Å². The molecule has 0 atom stereocenters. The number of anilines is 1. The molecule has 1 aromatic heterocycles. The molecule has 0 spiro atoms. The lowest BCUT2D eigenvalue weighted by molar-refractivity contribution is 0.624. The molecule has 2 aromatic rings. The van der Waals surface area contributed by atoms with Gasteiger partial charge in [0.15, 0.2) is 0 Å². The lowest BCUT2D eigenvalue weighted by atomic mass is 10.2. The minimum Gasteiger partial charge on any atom is -0.385 e. The fraction of sp³-hybridized carbons (Fsp3) is 0.167. The van der Waals surface area contributed by atoms with E-state index in [2.05, 4.69) is 10.3 Å². The quantitative estimate of drug-likeness (QED) is 0.903. The van der Waals surface area contributed by atoms with Crippen LogP contribution in [-0.4, -0.2) is 11.5 Å². The maximum Gasteiger partial charge on any atom is 0.143 e. The van der Waals surface area contributed by atoms with Crippen LogP contribution in [0.25, 0.3) is 0 Å². The fourth-order valence-corrected chi connectivity index (χ4v) is 2.00. The van der Waals surface area contributed by atoms with Crippen LogP contribution in [-0.2, 0) is 6.42 Å². The van der Waals surface area contributed by atoms with Crippen LogP contribution < -0.4 is 5.32 Å². The maximum absolute atomic E-state index is 13.3. The SMILES string of the molecule is N#Cc1ccc(NCCc2cscn2)cc1F. The molecule has 0 aliphatic rings. The highest BCUT2D eigenvalue weighted by Gasteiger charge is 2.02. The molecule has 17 heavy (non-hydrogen) atoms. The van der Waals surface area contributed by atoms with Crippen molar-refractivity contribution in [1.29, 1.82) is 5.26 Å². The monoisotopic (exact) mass is 247 g/mol. The highest BCUT2D eigenvalue weighted by atomic mass is 32.1. The Morgan fingerprint density at radius 3 is 3.00 bits per heavy atom. The average molecular weight is 247 g/mol. The van der Waals surface area contributed by atoms with Gasteiger partial charge in [0.05, 0.1) is 16.8 Å². The van der Waals surface area contributed by atoms with Gasteiger partial charge in [-0.1, -0.05) is 0 Å². The molecular formula is C12H10FN3S. The van der Waals surface area contributed by atoms with Crippen molar-refractivity contribution in [2.75, 3.05) is 11.9 Å². The van der Waals surface area contributed by atoms with E-state index in [0.29, 0.717) is 12.2 Å². The van der Waals surface area contributed by atoms with Crippen LogP contribution in [0, 0.1) is 17.1 Å². The summed E-state index contributed by atoms with van der Waals surface area (Å²) in [5.74, 6) is -0.494. The Morgan fingerprint density at radius 2 is 2.35 bits per heavy atom. The Hall–Kier alpha value is -1.93. The van der Waals surface area contributed by atoms with Gasteiger partial charge >= 0.3 is 0 Å². The van der Waals surface area contributed by atoms with Gasteiger partial charge < -0.3 is 5.32 Å². The standard InChI is InChI=1S/C12H10FN3S/c13-12-5-10(2-1-9(12)6-14)15-4-3-11-7-17-8-16-11/h1-2,5,7-8,15H,3-4H2. The number of nitriles is 1. The number of rotatable bonds is 4. The van der Waals surface area contributed by atoms with Crippen LogP contribution >= 0.6 is 11.3 Å². The summed E-state index contributed by atoms with van der Waals surface area (Å²) in [7, 11) is 0.